The van der Waals surface area contributed by atoms with Gasteiger partial charge in [0.1, 0.15) is 29.5 Å². The fraction of sp³-hybridized carbons (Fsp3) is 0.462. The number of aliphatic hydroxyl groups is 1. The smallest absolute Gasteiger partial charge is 0.221 e. The molecule has 1 saturated heterocycles. The number of sulfonamides is 1. The molecule has 1 aromatic heterocycles. The number of benzene rings is 2. The third-order valence-electron chi connectivity index (χ3n) is 7.80. The van der Waals surface area contributed by atoms with Crippen LogP contribution >= 0.6 is 0 Å². The van der Waals surface area contributed by atoms with Gasteiger partial charge in [0.15, 0.2) is 0 Å². The van der Waals surface area contributed by atoms with Crippen molar-refractivity contribution in [3.8, 4) is 0 Å². The summed E-state index contributed by atoms with van der Waals surface area (Å²) in [5.74, 6) is -1.44. The van der Waals surface area contributed by atoms with E-state index in [1.807, 2.05) is 10.6 Å². The van der Waals surface area contributed by atoms with Crippen LogP contribution in [-0.2, 0) is 22.2 Å². The fourth-order valence-corrected chi connectivity index (χ4v) is 7.82. The Morgan fingerprint density at radius 3 is 2.33 bits per heavy atom. The zero-order valence-corrected chi connectivity index (χ0v) is 20.9. The first-order valence-electron chi connectivity index (χ1n) is 12.3. The van der Waals surface area contributed by atoms with Crippen molar-refractivity contribution in [1.82, 2.24) is 19.1 Å². The minimum absolute atomic E-state index is 0.0397. The molecule has 3 aromatic rings. The van der Waals surface area contributed by atoms with Gasteiger partial charge in [0.2, 0.25) is 10.0 Å². The van der Waals surface area contributed by atoms with Gasteiger partial charge in [0.05, 0.1) is 5.60 Å². The highest BCUT2D eigenvalue weighted by Gasteiger charge is 2.42. The molecule has 2 aromatic carbocycles. The van der Waals surface area contributed by atoms with E-state index in [0.717, 1.165) is 12.1 Å². The molecule has 7 nitrogen and oxygen atoms in total. The minimum atomic E-state index is -3.78. The van der Waals surface area contributed by atoms with E-state index in [1.165, 1.54) is 4.31 Å². The van der Waals surface area contributed by atoms with Crippen LogP contribution in [0.5, 0.6) is 0 Å². The summed E-state index contributed by atoms with van der Waals surface area (Å²) in [4.78, 5) is 0. The fourth-order valence-electron chi connectivity index (χ4n) is 5.63. The van der Waals surface area contributed by atoms with E-state index in [2.05, 4.69) is 10.2 Å². The Bertz CT molecular complexity index is 1310. The Hall–Kier alpha value is -2.69. The summed E-state index contributed by atoms with van der Waals surface area (Å²) in [6.07, 6.45) is 5.99. The molecular weight excluding hydrogens is 486 g/mol. The molecule has 1 saturated carbocycles. The lowest BCUT2D eigenvalue weighted by molar-refractivity contribution is -0.0155. The molecule has 0 unspecified atom stereocenters. The van der Waals surface area contributed by atoms with E-state index >= 15 is 8.78 Å². The standard InChI is InChI=1S/C26H30F2N4O3S/c1-18-7-8-25(19-5-3-2-4-6-19)36(34,35)32(18)15-20-13-24(28)22(14-23(20)27)26(33)11-9-21(10-12-26)31-16-29-30-17-31/h2-6,13-14,16-18,21,25,33H,7-12,15H2,1H3/t18-,21?,25+,26?/m0/s1. The van der Waals surface area contributed by atoms with Crippen molar-refractivity contribution >= 4 is 10.0 Å². The monoisotopic (exact) mass is 516 g/mol. The third kappa shape index (κ3) is 4.57. The van der Waals surface area contributed by atoms with Crippen molar-refractivity contribution in [2.24, 2.45) is 0 Å². The number of rotatable bonds is 5. The second-order valence-electron chi connectivity index (χ2n) is 10.0. The van der Waals surface area contributed by atoms with Crippen LogP contribution in [0.3, 0.4) is 0 Å². The summed E-state index contributed by atoms with van der Waals surface area (Å²) in [6, 6.07) is 10.8. The second-order valence-corrected chi connectivity index (χ2v) is 12.1. The SMILES string of the molecule is C[C@H]1CC[C@H](c2ccccc2)S(=O)(=O)N1Cc1cc(F)c(C2(O)CCC(n3cnnc3)CC2)cc1F. The van der Waals surface area contributed by atoms with Crippen molar-refractivity contribution in [2.75, 3.05) is 0 Å². The zero-order valence-electron chi connectivity index (χ0n) is 20.1. The van der Waals surface area contributed by atoms with Crippen LogP contribution in [0.4, 0.5) is 8.78 Å². The first-order chi connectivity index (χ1) is 17.2. The summed E-state index contributed by atoms with van der Waals surface area (Å²) in [6.45, 7) is 1.53. The number of nitrogens with zero attached hydrogens (tertiary/aromatic N) is 4. The normalized spacial score (nSPS) is 28.7. The van der Waals surface area contributed by atoms with Gasteiger partial charge in [-0.25, -0.2) is 17.2 Å². The highest BCUT2D eigenvalue weighted by molar-refractivity contribution is 7.89. The van der Waals surface area contributed by atoms with E-state index in [0.29, 0.717) is 31.2 Å². The molecule has 1 aliphatic heterocycles. The maximum absolute atomic E-state index is 15.3. The van der Waals surface area contributed by atoms with Gasteiger partial charge in [0, 0.05) is 29.8 Å². The average Bonchev–Trinajstić information content (AvgIpc) is 3.39. The van der Waals surface area contributed by atoms with Gasteiger partial charge >= 0.3 is 0 Å². The molecule has 0 amide bonds. The molecule has 36 heavy (non-hydrogen) atoms. The maximum Gasteiger partial charge on any atom is 0.221 e. The number of hydrogen-bond donors (Lipinski definition) is 1. The lowest BCUT2D eigenvalue weighted by Gasteiger charge is -2.38. The van der Waals surface area contributed by atoms with E-state index in [9.17, 15) is 13.5 Å². The third-order valence-corrected chi connectivity index (χ3v) is 10.2. The van der Waals surface area contributed by atoms with Gasteiger partial charge in [-0.05, 0) is 63.1 Å². The van der Waals surface area contributed by atoms with Crippen molar-refractivity contribution in [3.63, 3.8) is 0 Å². The van der Waals surface area contributed by atoms with Gasteiger partial charge in [-0.1, -0.05) is 30.3 Å². The molecule has 2 fully saturated rings. The number of aromatic nitrogens is 3. The van der Waals surface area contributed by atoms with Crippen LogP contribution in [0.25, 0.3) is 0 Å². The summed E-state index contributed by atoms with van der Waals surface area (Å²) >= 11 is 0. The Morgan fingerprint density at radius 2 is 1.67 bits per heavy atom. The van der Waals surface area contributed by atoms with E-state index in [4.69, 9.17) is 0 Å². The first-order valence-corrected chi connectivity index (χ1v) is 13.8. The molecular formula is C26H30F2N4O3S. The van der Waals surface area contributed by atoms with Gasteiger partial charge in [-0.15, -0.1) is 10.2 Å². The lowest BCUT2D eigenvalue weighted by Crippen LogP contribution is -2.45. The summed E-state index contributed by atoms with van der Waals surface area (Å²) in [5.41, 5.74) is -0.915. The molecule has 10 heteroatoms. The highest BCUT2D eigenvalue weighted by atomic mass is 32.2. The van der Waals surface area contributed by atoms with Crippen LogP contribution < -0.4 is 0 Å². The summed E-state index contributed by atoms with van der Waals surface area (Å²) in [5, 5.41) is 18.1. The quantitative estimate of drug-likeness (QED) is 0.535. The van der Waals surface area contributed by atoms with E-state index < -0.39 is 32.5 Å². The molecule has 0 bridgehead atoms. The van der Waals surface area contributed by atoms with Gasteiger partial charge in [-0.2, -0.15) is 4.31 Å². The molecule has 0 radical (unpaired) electrons. The number of halogens is 2. The molecule has 2 atom stereocenters. The van der Waals surface area contributed by atoms with Crippen molar-refractivity contribution in [1.29, 1.82) is 0 Å². The van der Waals surface area contributed by atoms with Crippen molar-refractivity contribution < 1.29 is 22.3 Å². The summed E-state index contributed by atoms with van der Waals surface area (Å²) in [7, 11) is -3.78. The van der Waals surface area contributed by atoms with Crippen LogP contribution in [0.15, 0.2) is 55.1 Å². The minimum Gasteiger partial charge on any atom is -0.385 e. The van der Waals surface area contributed by atoms with Gasteiger partial charge in [-0.3, -0.25) is 0 Å². The average molecular weight is 517 g/mol. The summed E-state index contributed by atoms with van der Waals surface area (Å²) < 4.78 is 60.7. The lowest BCUT2D eigenvalue weighted by atomic mass is 9.77. The molecule has 5 rings (SSSR count). The zero-order chi connectivity index (χ0) is 25.5. The molecule has 1 N–H and O–H groups in total. The van der Waals surface area contributed by atoms with E-state index in [-0.39, 0.29) is 42.6 Å². The topological polar surface area (TPSA) is 88.3 Å². The predicted octanol–water partition coefficient (Wildman–Crippen LogP) is 4.61. The number of hydrogen-bond acceptors (Lipinski definition) is 5. The predicted molar refractivity (Wildman–Crippen MR) is 130 cm³/mol. The second kappa shape index (κ2) is 9.64. The van der Waals surface area contributed by atoms with Crippen LogP contribution in [0.1, 0.15) is 73.4 Å². The van der Waals surface area contributed by atoms with Crippen LogP contribution in [-0.4, -0.2) is 38.6 Å². The maximum atomic E-state index is 15.3. The van der Waals surface area contributed by atoms with Crippen LogP contribution in [0.2, 0.25) is 0 Å². The van der Waals surface area contributed by atoms with E-state index in [1.54, 1.807) is 43.8 Å². The Balaban J connectivity index is 1.37. The molecule has 2 heterocycles. The largest absolute Gasteiger partial charge is 0.385 e. The molecule has 2 aliphatic rings. The van der Waals surface area contributed by atoms with Crippen LogP contribution in [0, 0.1) is 11.6 Å². The van der Waals surface area contributed by atoms with Crippen molar-refractivity contribution in [3.05, 3.63) is 83.4 Å². The molecule has 0 spiro atoms. The molecule has 1 aliphatic carbocycles. The Kier molecular flexibility index (Phi) is 6.69. The first kappa shape index (κ1) is 25.0. The van der Waals surface area contributed by atoms with Gasteiger partial charge < -0.3 is 9.67 Å². The van der Waals surface area contributed by atoms with Crippen molar-refractivity contribution in [2.45, 2.75) is 74.9 Å². The Labute approximate surface area is 209 Å². The highest BCUT2D eigenvalue weighted by Crippen LogP contribution is 2.43. The molecule has 192 valence electrons. The van der Waals surface area contributed by atoms with Gasteiger partial charge in [0.25, 0.3) is 0 Å². The Morgan fingerprint density at radius 1 is 1.00 bits per heavy atom.